The fourth-order valence-electron chi connectivity index (χ4n) is 3.80. The summed E-state index contributed by atoms with van der Waals surface area (Å²) in [7, 11) is 0. The molecule has 6 heteroatoms. The van der Waals surface area contributed by atoms with Gasteiger partial charge in [0.1, 0.15) is 5.82 Å². The Morgan fingerprint density at radius 3 is 2.88 bits per heavy atom. The number of hydrogen-bond donors (Lipinski definition) is 0. The molecule has 1 unspecified atom stereocenters. The number of anilines is 1. The highest BCUT2D eigenvalue weighted by molar-refractivity contribution is 7.13. The highest BCUT2D eigenvalue weighted by atomic mass is 32.1. The first-order valence-electron chi connectivity index (χ1n) is 8.97. The molecule has 1 saturated carbocycles. The van der Waals surface area contributed by atoms with Crippen LogP contribution in [0, 0.1) is 5.92 Å². The molecular weight excluding hydrogens is 332 g/mol. The molecule has 0 amide bonds. The molecule has 5 rings (SSSR count). The predicted octanol–water partition coefficient (Wildman–Crippen LogP) is 3.60. The zero-order valence-electron chi connectivity index (χ0n) is 14.0. The van der Waals surface area contributed by atoms with Crippen molar-refractivity contribution in [3.63, 3.8) is 0 Å². The third-order valence-corrected chi connectivity index (χ3v) is 6.05. The summed E-state index contributed by atoms with van der Waals surface area (Å²) in [6.45, 7) is 1.78. The minimum atomic E-state index is 0.110. The second kappa shape index (κ2) is 5.95. The Kier molecular flexibility index (Phi) is 3.59. The number of nitrogens with zero attached hydrogens (tertiary/aromatic N) is 4. The largest absolute Gasteiger partial charge is 0.338 e. The van der Waals surface area contributed by atoms with Crippen LogP contribution in [-0.2, 0) is 6.54 Å². The van der Waals surface area contributed by atoms with Crippen LogP contribution >= 0.6 is 11.3 Å². The van der Waals surface area contributed by atoms with E-state index in [-0.39, 0.29) is 11.6 Å². The summed E-state index contributed by atoms with van der Waals surface area (Å²) in [5.41, 5.74) is 0.916. The van der Waals surface area contributed by atoms with E-state index in [4.69, 9.17) is 4.98 Å². The topological polar surface area (TPSA) is 51.0 Å². The Bertz CT molecular complexity index is 961. The molecule has 0 N–H and O–H groups in total. The third kappa shape index (κ3) is 2.65. The molecule has 1 saturated heterocycles. The normalized spacial score (nSPS) is 20.5. The van der Waals surface area contributed by atoms with E-state index >= 15 is 0 Å². The standard InChI is InChI=1S/C19H20N4OS/c24-18-14-4-1-2-5-15(14)21-17(23(18)12-13-7-8-13)16-6-3-10-22(16)19-20-9-11-25-19/h1-2,4-5,9,11,13,16H,3,6-8,10,12H2. The average molecular weight is 352 g/mol. The molecule has 2 aromatic heterocycles. The van der Waals surface area contributed by atoms with E-state index in [1.807, 2.05) is 40.4 Å². The summed E-state index contributed by atoms with van der Waals surface area (Å²) in [4.78, 5) is 24.9. The predicted molar refractivity (Wildman–Crippen MR) is 100 cm³/mol. The third-order valence-electron chi connectivity index (χ3n) is 5.24. The number of hydrogen-bond acceptors (Lipinski definition) is 5. The van der Waals surface area contributed by atoms with E-state index in [0.29, 0.717) is 5.92 Å². The second-order valence-corrected chi connectivity index (χ2v) is 7.89. The maximum Gasteiger partial charge on any atom is 0.261 e. The number of fused-ring (bicyclic) bond motifs is 1. The van der Waals surface area contributed by atoms with Gasteiger partial charge in [0.2, 0.25) is 0 Å². The van der Waals surface area contributed by atoms with Crippen molar-refractivity contribution in [2.45, 2.75) is 38.3 Å². The van der Waals surface area contributed by atoms with Crippen LogP contribution in [0.3, 0.4) is 0 Å². The molecule has 128 valence electrons. The molecule has 0 radical (unpaired) electrons. The van der Waals surface area contributed by atoms with Gasteiger partial charge in [0.15, 0.2) is 5.13 Å². The first-order chi connectivity index (χ1) is 12.3. The molecule has 1 atom stereocenters. The molecule has 5 nitrogen and oxygen atoms in total. The lowest BCUT2D eigenvalue weighted by molar-refractivity contribution is 0.527. The lowest BCUT2D eigenvalue weighted by Gasteiger charge is -2.26. The minimum Gasteiger partial charge on any atom is -0.338 e. The number of benzene rings is 1. The van der Waals surface area contributed by atoms with Gasteiger partial charge in [-0.05, 0) is 43.7 Å². The van der Waals surface area contributed by atoms with Crippen molar-refractivity contribution in [2.24, 2.45) is 5.92 Å². The molecule has 1 aliphatic carbocycles. The maximum atomic E-state index is 13.2. The van der Waals surface area contributed by atoms with Crippen molar-refractivity contribution < 1.29 is 0 Å². The van der Waals surface area contributed by atoms with Crippen LogP contribution in [0.1, 0.15) is 37.5 Å². The summed E-state index contributed by atoms with van der Waals surface area (Å²) in [5.74, 6) is 1.55. The first kappa shape index (κ1) is 15.1. The van der Waals surface area contributed by atoms with E-state index in [0.717, 1.165) is 47.8 Å². The zero-order chi connectivity index (χ0) is 16.8. The van der Waals surface area contributed by atoms with E-state index in [1.165, 1.54) is 12.8 Å². The highest BCUT2D eigenvalue weighted by Gasteiger charge is 2.33. The summed E-state index contributed by atoms with van der Waals surface area (Å²) < 4.78 is 1.95. The van der Waals surface area contributed by atoms with Crippen LogP contribution in [-0.4, -0.2) is 21.1 Å². The van der Waals surface area contributed by atoms with Gasteiger partial charge in [0.05, 0.1) is 16.9 Å². The van der Waals surface area contributed by atoms with Gasteiger partial charge >= 0.3 is 0 Å². The van der Waals surface area contributed by atoms with Crippen molar-refractivity contribution in [3.8, 4) is 0 Å². The van der Waals surface area contributed by atoms with Gasteiger partial charge in [-0.25, -0.2) is 9.97 Å². The van der Waals surface area contributed by atoms with Crippen LogP contribution < -0.4 is 10.5 Å². The quantitative estimate of drug-likeness (QED) is 0.720. The van der Waals surface area contributed by atoms with Crippen LogP contribution in [0.25, 0.3) is 10.9 Å². The maximum absolute atomic E-state index is 13.2. The van der Waals surface area contributed by atoms with Gasteiger partial charge in [-0.15, -0.1) is 11.3 Å². The zero-order valence-corrected chi connectivity index (χ0v) is 14.8. The van der Waals surface area contributed by atoms with E-state index in [2.05, 4.69) is 9.88 Å². The summed E-state index contributed by atoms with van der Waals surface area (Å²) in [6.07, 6.45) is 6.42. The molecule has 1 aliphatic heterocycles. The van der Waals surface area contributed by atoms with Gasteiger partial charge < -0.3 is 4.90 Å². The van der Waals surface area contributed by atoms with E-state index in [1.54, 1.807) is 11.3 Å². The SMILES string of the molecule is O=c1c2ccccc2nc(C2CCCN2c2nccs2)n1CC1CC1. The van der Waals surface area contributed by atoms with Crippen molar-refractivity contribution in [2.75, 3.05) is 11.4 Å². The van der Waals surface area contributed by atoms with Gasteiger partial charge in [0, 0.05) is 24.7 Å². The van der Waals surface area contributed by atoms with Gasteiger partial charge in [-0.1, -0.05) is 12.1 Å². The molecule has 2 fully saturated rings. The van der Waals surface area contributed by atoms with Gasteiger partial charge in [-0.2, -0.15) is 0 Å². The fourth-order valence-corrected chi connectivity index (χ4v) is 4.52. The highest BCUT2D eigenvalue weighted by Crippen LogP contribution is 2.37. The van der Waals surface area contributed by atoms with Crippen molar-refractivity contribution >= 4 is 27.4 Å². The Morgan fingerprint density at radius 2 is 2.08 bits per heavy atom. The number of aromatic nitrogens is 3. The molecule has 25 heavy (non-hydrogen) atoms. The molecule has 0 bridgehead atoms. The first-order valence-corrected chi connectivity index (χ1v) is 9.85. The number of rotatable bonds is 4. The van der Waals surface area contributed by atoms with Crippen LogP contribution in [0.5, 0.6) is 0 Å². The summed E-state index contributed by atoms with van der Waals surface area (Å²) in [5, 5.41) is 3.77. The molecule has 0 spiro atoms. The van der Waals surface area contributed by atoms with Crippen molar-refractivity contribution in [1.29, 1.82) is 0 Å². The average Bonchev–Trinajstić information content (AvgIpc) is 3.11. The monoisotopic (exact) mass is 352 g/mol. The van der Waals surface area contributed by atoms with Crippen LogP contribution in [0.15, 0.2) is 40.6 Å². The van der Waals surface area contributed by atoms with Crippen LogP contribution in [0.4, 0.5) is 5.13 Å². The molecule has 2 aliphatic rings. The molecule has 3 aromatic rings. The van der Waals surface area contributed by atoms with Crippen LogP contribution in [0.2, 0.25) is 0 Å². The number of para-hydroxylation sites is 1. The van der Waals surface area contributed by atoms with E-state index in [9.17, 15) is 4.79 Å². The minimum absolute atomic E-state index is 0.110. The van der Waals surface area contributed by atoms with Crippen molar-refractivity contribution in [3.05, 3.63) is 52.0 Å². The Morgan fingerprint density at radius 1 is 1.20 bits per heavy atom. The number of thiazole rings is 1. The lowest BCUT2D eigenvalue weighted by Crippen LogP contribution is -2.32. The van der Waals surface area contributed by atoms with E-state index < -0.39 is 0 Å². The summed E-state index contributed by atoms with van der Waals surface area (Å²) in [6, 6.07) is 7.86. The van der Waals surface area contributed by atoms with Gasteiger partial charge in [0.25, 0.3) is 5.56 Å². The Labute approximate surface area is 150 Å². The lowest BCUT2D eigenvalue weighted by atomic mass is 10.1. The molecule has 1 aromatic carbocycles. The summed E-state index contributed by atoms with van der Waals surface area (Å²) >= 11 is 1.66. The molecular formula is C19H20N4OS. The molecule has 3 heterocycles. The smallest absolute Gasteiger partial charge is 0.261 e. The Balaban J connectivity index is 1.67. The van der Waals surface area contributed by atoms with Gasteiger partial charge in [-0.3, -0.25) is 9.36 Å². The Hall–Kier alpha value is -2.21. The fraction of sp³-hybridized carbons (Fsp3) is 0.421. The van der Waals surface area contributed by atoms with Crippen molar-refractivity contribution in [1.82, 2.24) is 14.5 Å². The second-order valence-electron chi connectivity index (χ2n) is 7.01.